The minimum absolute atomic E-state index is 0.235. The normalized spacial score (nSPS) is 13.1. The minimum atomic E-state index is -4.31. The van der Waals surface area contributed by atoms with E-state index < -0.39 is 11.9 Å². The Labute approximate surface area is 63.2 Å². The second kappa shape index (κ2) is 2.81. The zero-order valence-electron chi connectivity index (χ0n) is 5.68. The first-order valence-corrected chi connectivity index (χ1v) is 4.29. The maximum absolute atomic E-state index is 11.9. The highest BCUT2D eigenvalue weighted by Crippen LogP contribution is 2.28. The molecule has 0 aliphatic rings. The highest BCUT2D eigenvalue weighted by Gasteiger charge is 2.33. The van der Waals surface area contributed by atoms with Gasteiger partial charge >= 0.3 is 6.18 Å². The molecule has 0 fully saturated rings. The first-order valence-electron chi connectivity index (χ1n) is 2.84. The van der Waals surface area contributed by atoms with Crippen LogP contribution in [0.3, 0.4) is 0 Å². The molecule has 0 saturated carbocycles. The molecular weight excluding hydrogens is 176 g/mol. The molecule has 0 bridgehead atoms. The van der Waals surface area contributed by atoms with Crippen molar-refractivity contribution in [2.75, 3.05) is 6.66 Å². The van der Waals surface area contributed by atoms with Crippen LogP contribution in [0.2, 0.25) is 0 Å². The van der Waals surface area contributed by atoms with Gasteiger partial charge in [0.1, 0.15) is 0 Å². The van der Waals surface area contributed by atoms with Crippen molar-refractivity contribution in [2.24, 2.45) is 0 Å². The van der Waals surface area contributed by atoms with Crippen molar-refractivity contribution in [3.05, 3.63) is 18.0 Å². The molecule has 1 atom stereocenters. The summed E-state index contributed by atoms with van der Waals surface area (Å²) in [5.74, 6) is 0. The van der Waals surface area contributed by atoms with Crippen LogP contribution in [0.4, 0.5) is 13.2 Å². The standard InChI is InChI=1S/C5H6F3N2P/c1-11-10-3-2-4(9-10)5(6,7)8/h2-3,11H,1H3. The zero-order chi connectivity index (χ0) is 8.48. The van der Waals surface area contributed by atoms with Gasteiger partial charge in [-0.2, -0.15) is 18.3 Å². The van der Waals surface area contributed by atoms with Gasteiger partial charge in [-0.25, -0.2) is 0 Å². The zero-order valence-corrected chi connectivity index (χ0v) is 6.68. The lowest BCUT2D eigenvalue weighted by atomic mass is 10.4. The van der Waals surface area contributed by atoms with Gasteiger partial charge in [-0.1, -0.05) is 0 Å². The van der Waals surface area contributed by atoms with Gasteiger partial charge in [0.2, 0.25) is 0 Å². The first-order chi connectivity index (χ1) is 5.04. The minimum Gasteiger partial charge on any atom is -0.255 e. The van der Waals surface area contributed by atoms with E-state index in [-0.39, 0.29) is 8.73 Å². The topological polar surface area (TPSA) is 17.8 Å². The lowest BCUT2D eigenvalue weighted by Crippen LogP contribution is -2.05. The Morgan fingerprint density at radius 2 is 2.18 bits per heavy atom. The number of alkyl halides is 3. The number of rotatable bonds is 1. The SMILES string of the molecule is CPn1ccc(C(F)(F)F)n1. The summed E-state index contributed by atoms with van der Waals surface area (Å²) in [6.07, 6.45) is -2.99. The van der Waals surface area contributed by atoms with E-state index in [9.17, 15) is 13.2 Å². The van der Waals surface area contributed by atoms with Crippen LogP contribution >= 0.6 is 8.73 Å². The Hall–Kier alpha value is -0.570. The lowest BCUT2D eigenvalue weighted by molar-refractivity contribution is -0.141. The molecule has 1 unspecified atom stereocenters. The average molecular weight is 182 g/mol. The third-order valence-electron chi connectivity index (χ3n) is 1.11. The van der Waals surface area contributed by atoms with Crippen LogP contribution in [-0.2, 0) is 6.18 Å². The lowest BCUT2D eigenvalue weighted by Gasteiger charge is -1.99. The van der Waals surface area contributed by atoms with Gasteiger partial charge in [0.15, 0.2) is 5.69 Å². The maximum atomic E-state index is 11.9. The molecule has 62 valence electrons. The van der Waals surface area contributed by atoms with E-state index in [2.05, 4.69) is 5.10 Å². The number of hydrogen-bond acceptors (Lipinski definition) is 1. The van der Waals surface area contributed by atoms with Crippen LogP contribution < -0.4 is 0 Å². The van der Waals surface area contributed by atoms with Crippen molar-refractivity contribution in [1.29, 1.82) is 0 Å². The summed E-state index contributed by atoms with van der Waals surface area (Å²) < 4.78 is 36.9. The summed E-state index contributed by atoms with van der Waals surface area (Å²) in [4.78, 5) is 0. The summed E-state index contributed by atoms with van der Waals surface area (Å²) in [6.45, 7) is 1.76. The smallest absolute Gasteiger partial charge is 0.255 e. The van der Waals surface area contributed by atoms with Gasteiger partial charge in [0.25, 0.3) is 0 Å². The van der Waals surface area contributed by atoms with E-state index in [4.69, 9.17) is 0 Å². The summed E-state index contributed by atoms with van der Waals surface area (Å²) in [5.41, 5.74) is -0.827. The Morgan fingerprint density at radius 1 is 1.55 bits per heavy atom. The highest BCUT2D eigenvalue weighted by molar-refractivity contribution is 7.35. The summed E-state index contributed by atoms with van der Waals surface area (Å²) in [6, 6.07) is 0.969. The Kier molecular flexibility index (Phi) is 2.18. The van der Waals surface area contributed by atoms with Crippen molar-refractivity contribution in [1.82, 2.24) is 9.55 Å². The van der Waals surface area contributed by atoms with Gasteiger partial charge in [-0.05, 0) is 21.5 Å². The van der Waals surface area contributed by atoms with E-state index in [1.54, 1.807) is 6.66 Å². The van der Waals surface area contributed by atoms with E-state index in [0.717, 1.165) is 6.07 Å². The molecule has 0 aromatic carbocycles. The van der Waals surface area contributed by atoms with E-state index >= 15 is 0 Å². The first kappa shape index (κ1) is 8.53. The van der Waals surface area contributed by atoms with Crippen molar-refractivity contribution in [2.45, 2.75) is 6.18 Å². The maximum Gasteiger partial charge on any atom is 0.435 e. The number of aromatic nitrogens is 2. The second-order valence-electron chi connectivity index (χ2n) is 1.87. The fraction of sp³-hybridized carbons (Fsp3) is 0.400. The fourth-order valence-electron chi connectivity index (χ4n) is 0.600. The molecule has 11 heavy (non-hydrogen) atoms. The molecule has 0 spiro atoms. The van der Waals surface area contributed by atoms with Crippen molar-refractivity contribution in [3.63, 3.8) is 0 Å². The molecule has 0 saturated heterocycles. The average Bonchev–Trinajstić information content (AvgIpc) is 2.32. The van der Waals surface area contributed by atoms with Gasteiger partial charge in [0, 0.05) is 6.20 Å². The number of halogens is 3. The molecule has 0 aliphatic carbocycles. The second-order valence-corrected chi connectivity index (χ2v) is 2.77. The third-order valence-corrected chi connectivity index (χ3v) is 1.82. The highest BCUT2D eigenvalue weighted by atomic mass is 31.1. The third kappa shape index (κ3) is 1.93. The quantitative estimate of drug-likeness (QED) is 0.607. The van der Waals surface area contributed by atoms with Crippen LogP contribution in [-0.4, -0.2) is 16.2 Å². The molecule has 1 rings (SSSR count). The molecule has 2 nitrogen and oxygen atoms in total. The number of hydrogen-bond donors (Lipinski definition) is 0. The Balaban J connectivity index is 2.89. The Bertz CT molecular complexity index is 242. The van der Waals surface area contributed by atoms with Crippen molar-refractivity contribution in [3.8, 4) is 0 Å². The summed E-state index contributed by atoms with van der Waals surface area (Å²) in [7, 11) is 0.235. The van der Waals surface area contributed by atoms with Gasteiger partial charge in [-0.3, -0.25) is 4.45 Å². The van der Waals surface area contributed by atoms with Gasteiger partial charge < -0.3 is 0 Å². The van der Waals surface area contributed by atoms with Crippen LogP contribution in [0, 0.1) is 0 Å². The van der Waals surface area contributed by atoms with Gasteiger partial charge in [-0.15, -0.1) is 0 Å². The molecule has 0 N–H and O–H groups in total. The van der Waals surface area contributed by atoms with Crippen LogP contribution in [0.15, 0.2) is 12.3 Å². The molecule has 0 aliphatic heterocycles. The van der Waals surface area contributed by atoms with Crippen LogP contribution in [0.1, 0.15) is 5.69 Å². The van der Waals surface area contributed by atoms with Crippen molar-refractivity contribution < 1.29 is 13.2 Å². The van der Waals surface area contributed by atoms with Crippen LogP contribution in [0.25, 0.3) is 0 Å². The van der Waals surface area contributed by atoms with E-state index in [1.807, 2.05) is 0 Å². The van der Waals surface area contributed by atoms with E-state index in [0.29, 0.717) is 0 Å². The van der Waals surface area contributed by atoms with Crippen LogP contribution in [0.5, 0.6) is 0 Å². The van der Waals surface area contributed by atoms with Crippen molar-refractivity contribution >= 4 is 8.73 Å². The van der Waals surface area contributed by atoms with E-state index in [1.165, 1.54) is 10.6 Å². The molecule has 0 radical (unpaired) electrons. The predicted molar refractivity (Wildman–Crippen MR) is 36.9 cm³/mol. The molecule has 1 aromatic rings. The largest absolute Gasteiger partial charge is 0.435 e. The molecule has 1 aromatic heterocycles. The predicted octanol–water partition coefficient (Wildman–Crippen LogP) is 1.97. The summed E-state index contributed by atoms with van der Waals surface area (Å²) >= 11 is 0. The molecule has 6 heteroatoms. The molecule has 0 amide bonds. The van der Waals surface area contributed by atoms with Gasteiger partial charge in [0.05, 0.1) is 0 Å². The molecular formula is C5H6F3N2P. The monoisotopic (exact) mass is 182 g/mol. The molecule has 1 heterocycles. The fourth-order valence-corrected chi connectivity index (χ4v) is 1.03. The summed E-state index contributed by atoms with van der Waals surface area (Å²) in [5, 5.41) is 3.30. The Morgan fingerprint density at radius 3 is 2.45 bits per heavy atom. The number of nitrogens with zero attached hydrogens (tertiary/aromatic N) is 2.